The Balaban J connectivity index is 1.27. The van der Waals surface area contributed by atoms with Crippen LogP contribution in [0.15, 0.2) is 58.1 Å². The van der Waals surface area contributed by atoms with Crippen molar-refractivity contribution in [1.82, 2.24) is 19.8 Å². The Kier molecular flexibility index (Phi) is 7.52. The predicted molar refractivity (Wildman–Crippen MR) is 137 cm³/mol. The van der Waals surface area contributed by atoms with Gasteiger partial charge in [0.25, 0.3) is 5.91 Å². The van der Waals surface area contributed by atoms with Crippen molar-refractivity contribution in [2.45, 2.75) is 17.8 Å². The van der Waals surface area contributed by atoms with E-state index in [1.54, 1.807) is 22.8 Å². The van der Waals surface area contributed by atoms with Crippen molar-refractivity contribution in [3.8, 4) is 11.3 Å². The number of anilines is 1. The molecule has 0 aliphatic carbocycles. The molecule has 2 saturated heterocycles. The van der Waals surface area contributed by atoms with Gasteiger partial charge in [-0.3, -0.25) is 9.59 Å². The first-order chi connectivity index (χ1) is 17.6. The van der Waals surface area contributed by atoms with E-state index >= 15 is 0 Å². The van der Waals surface area contributed by atoms with E-state index in [9.17, 15) is 9.59 Å². The van der Waals surface area contributed by atoms with Gasteiger partial charge in [0.1, 0.15) is 11.6 Å². The van der Waals surface area contributed by atoms with Crippen molar-refractivity contribution in [1.29, 1.82) is 0 Å². The van der Waals surface area contributed by atoms with E-state index in [1.807, 2.05) is 42.5 Å². The second kappa shape index (κ2) is 11.1. The number of morpholine rings is 1. The first-order valence-corrected chi connectivity index (χ1v) is 13.1. The molecule has 0 bridgehead atoms. The number of rotatable bonds is 6. The average Bonchev–Trinajstić information content (AvgIpc) is 3.41. The van der Waals surface area contributed by atoms with E-state index in [0.29, 0.717) is 61.8 Å². The number of benzene rings is 1. The largest absolute Gasteiger partial charge is 0.455 e. The number of hydrogen-bond acceptors (Lipinski definition) is 8. The van der Waals surface area contributed by atoms with Crippen LogP contribution < -0.4 is 4.90 Å². The van der Waals surface area contributed by atoms with E-state index in [4.69, 9.17) is 19.1 Å². The summed E-state index contributed by atoms with van der Waals surface area (Å²) in [7, 11) is 0. The zero-order valence-corrected chi connectivity index (χ0v) is 21.1. The average molecular weight is 508 g/mol. The Morgan fingerprint density at radius 3 is 2.36 bits per heavy atom. The maximum Gasteiger partial charge on any atom is 0.289 e. The van der Waals surface area contributed by atoms with E-state index < -0.39 is 0 Å². The number of nitrogens with zero attached hydrogens (tertiary/aromatic N) is 5. The van der Waals surface area contributed by atoms with Gasteiger partial charge in [-0.25, -0.2) is 9.97 Å². The molecule has 1 aromatic carbocycles. The Morgan fingerprint density at radius 1 is 0.917 bits per heavy atom. The minimum Gasteiger partial charge on any atom is -0.455 e. The van der Waals surface area contributed by atoms with Gasteiger partial charge in [-0.05, 0) is 12.1 Å². The minimum atomic E-state index is -0.147. The van der Waals surface area contributed by atoms with Gasteiger partial charge in [-0.2, -0.15) is 0 Å². The Hall–Kier alpha value is -3.37. The molecule has 188 valence electrons. The molecule has 2 aliphatic rings. The van der Waals surface area contributed by atoms with Crippen molar-refractivity contribution >= 4 is 29.4 Å². The number of thioether (sulfide) groups is 1. The van der Waals surface area contributed by atoms with Crippen molar-refractivity contribution < 1.29 is 18.7 Å². The van der Waals surface area contributed by atoms with Crippen molar-refractivity contribution in [2.24, 2.45) is 0 Å². The van der Waals surface area contributed by atoms with E-state index in [1.165, 1.54) is 11.8 Å². The normalized spacial score (nSPS) is 16.3. The molecule has 3 aromatic rings. The number of hydrogen-bond donors (Lipinski definition) is 0. The quantitative estimate of drug-likeness (QED) is 0.371. The van der Waals surface area contributed by atoms with Crippen LogP contribution in [0, 0.1) is 0 Å². The fourth-order valence-corrected chi connectivity index (χ4v) is 5.02. The lowest BCUT2D eigenvalue weighted by Gasteiger charge is -2.33. The van der Waals surface area contributed by atoms with Crippen LogP contribution in [0.25, 0.3) is 11.3 Å². The van der Waals surface area contributed by atoms with E-state index in [-0.39, 0.29) is 11.8 Å². The Labute approximate surface area is 214 Å². The number of piperazine rings is 1. The molecular formula is C26H29N5O4S. The van der Waals surface area contributed by atoms with Gasteiger partial charge in [0.15, 0.2) is 10.9 Å². The highest BCUT2D eigenvalue weighted by Crippen LogP contribution is 2.28. The molecule has 0 spiro atoms. The van der Waals surface area contributed by atoms with Crippen LogP contribution in [0.1, 0.15) is 23.2 Å². The van der Waals surface area contributed by atoms with Gasteiger partial charge < -0.3 is 23.9 Å². The third-order valence-corrected chi connectivity index (χ3v) is 7.19. The summed E-state index contributed by atoms with van der Waals surface area (Å²) < 4.78 is 11.4. The highest BCUT2D eigenvalue weighted by molar-refractivity contribution is 7.98. The maximum atomic E-state index is 12.9. The van der Waals surface area contributed by atoms with Crippen LogP contribution in [-0.2, 0) is 15.3 Å². The van der Waals surface area contributed by atoms with Crippen molar-refractivity contribution in [2.75, 3.05) is 57.4 Å². The lowest BCUT2D eigenvalue weighted by Crippen LogP contribution is -2.50. The van der Waals surface area contributed by atoms with Gasteiger partial charge >= 0.3 is 0 Å². The predicted octanol–water partition coefficient (Wildman–Crippen LogP) is 3.17. The monoisotopic (exact) mass is 507 g/mol. The molecule has 9 nitrogen and oxygen atoms in total. The van der Waals surface area contributed by atoms with Gasteiger partial charge in [0, 0.05) is 57.8 Å². The molecule has 2 aromatic heterocycles. The van der Waals surface area contributed by atoms with Crippen LogP contribution in [0.5, 0.6) is 0 Å². The maximum absolute atomic E-state index is 12.9. The molecule has 2 fully saturated rings. The summed E-state index contributed by atoms with van der Waals surface area (Å²) in [5.41, 5.74) is 1.90. The number of amides is 2. The first kappa shape index (κ1) is 24.3. The number of carbonyl (C=O) groups is 2. The zero-order valence-electron chi connectivity index (χ0n) is 20.3. The highest BCUT2D eigenvalue weighted by atomic mass is 32.2. The molecule has 0 N–H and O–H groups in total. The molecule has 0 atom stereocenters. The van der Waals surface area contributed by atoms with Gasteiger partial charge in [-0.15, -0.1) is 0 Å². The number of ether oxygens (including phenoxy) is 1. The minimum absolute atomic E-state index is 0.0368. The van der Waals surface area contributed by atoms with Crippen LogP contribution in [0.2, 0.25) is 0 Å². The van der Waals surface area contributed by atoms with E-state index in [0.717, 1.165) is 30.2 Å². The smallest absolute Gasteiger partial charge is 0.289 e. The molecule has 4 heterocycles. The lowest BCUT2D eigenvalue weighted by molar-refractivity contribution is -0.130. The highest BCUT2D eigenvalue weighted by Gasteiger charge is 2.25. The number of aromatic nitrogens is 2. The lowest BCUT2D eigenvalue weighted by atomic mass is 10.1. The van der Waals surface area contributed by atoms with Crippen LogP contribution in [0.3, 0.4) is 0 Å². The summed E-state index contributed by atoms with van der Waals surface area (Å²) >= 11 is 1.48. The summed E-state index contributed by atoms with van der Waals surface area (Å²) in [6.07, 6.45) is 0. The summed E-state index contributed by atoms with van der Waals surface area (Å²) in [5.74, 6) is 2.28. The fourth-order valence-electron chi connectivity index (χ4n) is 4.28. The SMILES string of the molecule is CC(=O)N1CCN(C(=O)c2ccc(CSc3nc(-c4ccccc4)cc(N4CCOCC4)n3)o2)CC1. The molecule has 0 radical (unpaired) electrons. The Morgan fingerprint density at radius 2 is 1.64 bits per heavy atom. The van der Waals surface area contributed by atoms with Crippen LogP contribution in [-0.4, -0.2) is 84.1 Å². The molecule has 10 heteroatoms. The van der Waals surface area contributed by atoms with Gasteiger partial charge in [0.05, 0.1) is 24.7 Å². The second-order valence-electron chi connectivity index (χ2n) is 8.71. The molecule has 0 unspecified atom stereocenters. The third kappa shape index (κ3) is 5.71. The summed E-state index contributed by atoms with van der Waals surface area (Å²) in [6, 6.07) is 15.6. The number of furan rings is 1. The molecule has 5 rings (SSSR count). The topological polar surface area (TPSA) is 92.0 Å². The number of carbonyl (C=O) groups excluding carboxylic acids is 2. The van der Waals surface area contributed by atoms with Crippen LogP contribution in [0.4, 0.5) is 5.82 Å². The zero-order chi connectivity index (χ0) is 24.9. The first-order valence-electron chi connectivity index (χ1n) is 12.1. The molecule has 2 aliphatic heterocycles. The Bertz CT molecular complexity index is 1200. The van der Waals surface area contributed by atoms with Gasteiger partial charge in [-0.1, -0.05) is 42.1 Å². The van der Waals surface area contributed by atoms with Crippen molar-refractivity contribution in [3.05, 3.63) is 60.1 Å². The van der Waals surface area contributed by atoms with Crippen molar-refractivity contribution in [3.63, 3.8) is 0 Å². The molecule has 0 saturated carbocycles. The molecule has 2 amide bonds. The van der Waals surface area contributed by atoms with Gasteiger partial charge in [0.2, 0.25) is 5.91 Å². The summed E-state index contributed by atoms with van der Waals surface area (Å²) in [5, 5.41) is 0.655. The molecule has 36 heavy (non-hydrogen) atoms. The van der Waals surface area contributed by atoms with Crippen LogP contribution >= 0.6 is 11.8 Å². The summed E-state index contributed by atoms with van der Waals surface area (Å²) in [4.78, 5) is 39.7. The second-order valence-corrected chi connectivity index (χ2v) is 9.65. The fraction of sp³-hybridized carbons (Fsp3) is 0.385. The standard InChI is InChI=1S/C26H29N5O4S/c1-19(32)29-9-11-31(12-10-29)25(33)23-8-7-21(35-23)18-36-26-27-22(20-5-3-2-4-6-20)17-24(28-26)30-13-15-34-16-14-30/h2-8,17H,9-16,18H2,1H3. The summed E-state index contributed by atoms with van der Waals surface area (Å²) in [6.45, 7) is 6.61. The third-order valence-electron chi connectivity index (χ3n) is 6.32. The molecular weight excluding hydrogens is 478 g/mol. The van der Waals surface area contributed by atoms with E-state index in [2.05, 4.69) is 4.90 Å².